The summed E-state index contributed by atoms with van der Waals surface area (Å²) >= 11 is 0. The van der Waals surface area contributed by atoms with Gasteiger partial charge in [0.25, 0.3) is 0 Å². The van der Waals surface area contributed by atoms with Crippen molar-refractivity contribution in [3.63, 3.8) is 0 Å². The number of ether oxygens (including phenoxy) is 1. The highest BCUT2D eigenvalue weighted by molar-refractivity contribution is 5.75. The van der Waals surface area contributed by atoms with E-state index in [0.717, 1.165) is 25.7 Å². The fraction of sp³-hybridized carbons (Fsp3) is 0.500. The second kappa shape index (κ2) is 4.91. The highest BCUT2D eigenvalue weighted by Gasteiger charge is 2.22. The van der Waals surface area contributed by atoms with E-state index >= 15 is 0 Å². The minimum absolute atomic E-state index is 0.0947. The molecule has 0 radical (unpaired) electrons. The van der Waals surface area contributed by atoms with Crippen molar-refractivity contribution >= 4 is 5.97 Å². The SMILES string of the molecule is O=C(Oc1cccnc1)C1CCCCC1. The van der Waals surface area contributed by atoms with E-state index in [4.69, 9.17) is 4.74 Å². The maximum atomic E-state index is 11.7. The van der Waals surface area contributed by atoms with Gasteiger partial charge in [0.1, 0.15) is 5.75 Å². The summed E-state index contributed by atoms with van der Waals surface area (Å²) in [5.74, 6) is 0.551. The molecule has 0 bridgehead atoms. The zero-order valence-corrected chi connectivity index (χ0v) is 8.69. The quantitative estimate of drug-likeness (QED) is 0.696. The molecular formula is C12H15NO2. The number of hydrogen-bond acceptors (Lipinski definition) is 3. The third-order valence-corrected chi connectivity index (χ3v) is 2.79. The minimum atomic E-state index is -0.0947. The lowest BCUT2D eigenvalue weighted by atomic mass is 9.89. The van der Waals surface area contributed by atoms with Gasteiger partial charge in [-0.15, -0.1) is 0 Å². The molecule has 15 heavy (non-hydrogen) atoms. The largest absolute Gasteiger partial charge is 0.425 e. The van der Waals surface area contributed by atoms with E-state index in [1.165, 1.54) is 6.42 Å². The van der Waals surface area contributed by atoms with E-state index < -0.39 is 0 Å². The Kier molecular flexibility index (Phi) is 3.33. The van der Waals surface area contributed by atoms with Crippen LogP contribution in [0.2, 0.25) is 0 Å². The molecule has 3 heteroatoms. The monoisotopic (exact) mass is 205 g/mol. The lowest BCUT2D eigenvalue weighted by Gasteiger charge is -2.19. The summed E-state index contributed by atoms with van der Waals surface area (Å²) in [6.45, 7) is 0. The zero-order chi connectivity index (χ0) is 10.5. The number of esters is 1. The van der Waals surface area contributed by atoms with Crippen LogP contribution in [0, 0.1) is 5.92 Å². The molecule has 1 aliphatic rings. The van der Waals surface area contributed by atoms with E-state index in [2.05, 4.69) is 4.98 Å². The average molecular weight is 205 g/mol. The molecule has 0 unspecified atom stereocenters. The fourth-order valence-electron chi connectivity index (χ4n) is 1.95. The standard InChI is InChI=1S/C12H15NO2/c14-12(10-5-2-1-3-6-10)15-11-7-4-8-13-9-11/h4,7-10H,1-3,5-6H2. The number of aromatic nitrogens is 1. The first-order valence-corrected chi connectivity index (χ1v) is 5.48. The Morgan fingerprint density at radius 1 is 1.33 bits per heavy atom. The number of rotatable bonds is 2. The van der Waals surface area contributed by atoms with Crippen LogP contribution >= 0.6 is 0 Å². The maximum absolute atomic E-state index is 11.7. The van der Waals surface area contributed by atoms with Crippen LogP contribution < -0.4 is 4.74 Å². The van der Waals surface area contributed by atoms with Crippen LogP contribution in [-0.4, -0.2) is 11.0 Å². The van der Waals surface area contributed by atoms with Gasteiger partial charge in [0, 0.05) is 6.20 Å². The second-order valence-electron chi connectivity index (χ2n) is 3.94. The van der Waals surface area contributed by atoms with Gasteiger partial charge in [-0.3, -0.25) is 9.78 Å². The summed E-state index contributed by atoms with van der Waals surface area (Å²) in [6, 6.07) is 3.53. The number of carbonyl (C=O) groups is 1. The highest BCUT2D eigenvalue weighted by atomic mass is 16.5. The Hall–Kier alpha value is -1.38. The Labute approximate surface area is 89.5 Å². The molecule has 1 saturated carbocycles. The molecule has 0 amide bonds. The zero-order valence-electron chi connectivity index (χ0n) is 8.69. The van der Waals surface area contributed by atoms with Gasteiger partial charge in [0.15, 0.2) is 0 Å². The normalized spacial score (nSPS) is 17.3. The van der Waals surface area contributed by atoms with Crippen LogP contribution in [-0.2, 0) is 4.79 Å². The molecule has 2 rings (SSSR count). The molecule has 0 aromatic carbocycles. The molecule has 0 saturated heterocycles. The van der Waals surface area contributed by atoms with Gasteiger partial charge in [-0.2, -0.15) is 0 Å². The summed E-state index contributed by atoms with van der Waals surface area (Å²) in [5, 5.41) is 0. The Morgan fingerprint density at radius 2 is 2.13 bits per heavy atom. The predicted molar refractivity (Wildman–Crippen MR) is 56.4 cm³/mol. The predicted octanol–water partition coefficient (Wildman–Crippen LogP) is 2.57. The van der Waals surface area contributed by atoms with Gasteiger partial charge in [0.05, 0.1) is 12.1 Å². The number of nitrogens with zero attached hydrogens (tertiary/aromatic N) is 1. The van der Waals surface area contributed by atoms with Crippen molar-refractivity contribution < 1.29 is 9.53 Å². The molecular weight excluding hydrogens is 190 g/mol. The van der Waals surface area contributed by atoms with Crippen LogP contribution in [0.25, 0.3) is 0 Å². The Balaban J connectivity index is 1.91. The van der Waals surface area contributed by atoms with Crippen molar-refractivity contribution in [2.75, 3.05) is 0 Å². The van der Waals surface area contributed by atoms with Gasteiger partial charge in [-0.1, -0.05) is 19.3 Å². The van der Waals surface area contributed by atoms with Crippen LogP contribution in [0.1, 0.15) is 32.1 Å². The molecule has 3 nitrogen and oxygen atoms in total. The van der Waals surface area contributed by atoms with Crippen molar-refractivity contribution in [2.45, 2.75) is 32.1 Å². The molecule has 1 aromatic rings. The van der Waals surface area contributed by atoms with Gasteiger partial charge in [-0.25, -0.2) is 0 Å². The fourth-order valence-corrected chi connectivity index (χ4v) is 1.95. The molecule has 0 aliphatic heterocycles. The van der Waals surface area contributed by atoms with Crippen molar-refractivity contribution in [2.24, 2.45) is 5.92 Å². The lowest BCUT2D eigenvalue weighted by Crippen LogP contribution is -2.22. The molecule has 1 heterocycles. The van der Waals surface area contributed by atoms with E-state index in [1.54, 1.807) is 24.5 Å². The molecule has 0 N–H and O–H groups in total. The maximum Gasteiger partial charge on any atom is 0.314 e. The number of hydrogen-bond donors (Lipinski definition) is 0. The molecule has 0 spiro atoms. The van der Waals surface area contributed by atoms with Gasteiger partial charge in [-0.05, 0) is 25.0 Å². The Bertz CT molecular complexity index is 318. The average Bonchev–Trinajstić information content (AvgIpc) is 2.31. The molecule has 1 fully saturated rings. The van der Waals surface area contributed by atoms with E-state index in [0.29, 0.717) is 5.75 Å². The molecule has 80 valence electrons. The molecule has 1 aromatic heterocycles. The highest BCUT2D eigenvalue weighted by Crippen LogP contribution is 2.25. The van der Waals surface area contributed by atoms with Crippen molar-refractivity contribution in [1.82, 2.24) is 4.98 Å². The minimum Gasteiger partial charge on any atom is -0.425 e. The first kappa shape index (κ1) is 10.1. The van der Waals surface area contributed by atoms with Gasteiger partial charge < -0.3 is 4.74 Å². The summed E-state index contributed by atoms with van der Waals surface area (Å²) in [4.78, 5) is 15.6. The first-order chi connectivity index (χ1) is 7.36. The van der Waals surface area contributed by atoms with Crippen LogP contribution in [0.4, 0.5) is 0 Å². The Morgan fingerprint density at radius 3 is 2.80 bits per heavy atom. The summed E-state index contributed by atoms with van der Waals surface area (Å²) in [7, 11) is 0. The number of carbonyl (C=O) groups excluding carboxylic acids is 1. The number of pyridine rings is 1. The van der Waals surface area contributed by atoms with Crippen LogP contribution in [0.3, 0.4) is 0 Å². The summed E-state index contributed by atoms with van der Waals surface area (Å²) in [6.07, 6.45) is 8.72. The third-order valence-electron chi connectivity index (χ3n) is 2.79. The topological polar surface area (TPSA) is 39.2 Å². The van der Waals surface area contributed by atoms with Crippen LogP contribution in [0.5, 0.6) is 5.75 Å². The second-order valence-corrected chi connectivity index (χ2v) is 3.94. The summed E-state index contributed by atoms with van der Waals surface area (Å²) < 4.78 is 5.25. The van der Waals surface area contributed by atoms with E-state index in [1.807, 2.05) is 0 Å². The van der Waals surface area contributed by atoms with Crippen molar-refractivity contribution in [3.8, 4) is 5.75 Å². The smallest absolute Gasteiger partial charge is 0.314 e. The van der Waals surface area contributed by atoms with Crippen molar-refractivity contribution in [3.05, 3.63) is 24.5 Å². The molecule has 1 aliphatic carbocycles. The van der Waals surface area contributed by atoms with E-state index in [-0.39, 0.29) is 11.9 Å². The van der Waals surface area contributed by atoms with E-state index in [9.17, 15) is 4.79 Å². The van der Waals surface area contributed by atoms with Gasteiger partial charge >= 0.3 is 5.97 Å². The van der Waals surface area contributed by atoms with Gasteiger partial charge in [0.2, 0.25) is 0 Å². The first-order valence-electron chi connectivity index (χ1n) is 5.48. The van der Waals surface area contributed by atoms with Crippen LogP contribution in [0.15, 0.2) is 24.5 Å². The lowest BCUT2D eigenvalue weighted by molar-refractivity contribution is -0.140. The third kappa shape index (κ3) is 2.78. The van der Waals surface area contributed by atoms with Crippen molar-refractivity contribution in [1.29, 1.82) is 0 Å². The summed E-state index contributed by atoms with van der Waals surface area (Å²) in [5.41, 5.74) is 0. The molecule has 0 atom stereocenters.